The first-order chi connectivity index (χ1) is 4.68. The molecule has 0 radical (unpaired) electrons. The van der Waals surface area contributed by atoms with Crippen LogP contribution in [0.5, 0.6) is 0 Å². The normalized spacial score (nSPS) is 11.4. The highest BCUT2D eigenvalue weighted by molar-refractivity contribution is 5.85. The van der Waals surface area contributed by atoms with Crippen LogP contribution in [0.2, 0.25) is 0 Å². The van der Waals surface area contributed by atoms with Crippen LogP contribution >= 0.6 is 12.4 Å². The van der Waals surface area contributed by atoms with Crippen molar-refractivity contribution < 1.29 is 9.90 Å². The predicted octanol–water partition coefficient (Wildman–Crippen LogP) is 1.18. The Morgan fingerprint density at radius 1 is 1.73 bits per heavy atom. The van der Waals surface area contributed by atoms with Crippen molar-refractivity contribution >= 4 is 18.4 Å². The molecule has 3 N–H and O–H groups in total. The SMILES string of the molecule is C=CCCC[C@H](N)C(=O)O.Cl. The summed E-state index contributed by atoms with van der Waals surface area (Å²) in [6, 6.07) is -0.708. The van der Waals surface area contributed by atoms with E-state index in [1.807, 2.05) is 0 Å². The highest BCUT2D eigenvalue weighted by Crippen LogP contribution is 1.98. The molecule has 0 heterocycles. The zero-order valence-electron chi connectivity index (χ0n) is 6.32. The van der Waals surface area contributed by atoms with E-state index in [1.54, 1.807) is 6.08 Å². The molecular weight excluding hydrogens is 166 g/mol. The molecule has 0 aromatic heterocycles. The van der Waals surface area contributed by atoms with Crippen LogP contribution in [0.15, 0.2) is 12.7 Å². The van der Waals surface area contributed by atoms with E-state index >= 15 is 0 Å². The van der Waals surface area contributed by atoms with Gasteiger partial charge in [-0.25, -0.2) is 0 Å². The van der Waals surface area contributed by atoms with Crippen LogP contribution in [0.4, 0.5) is 0 Å². The number of carboxylic acids is 1. The van der Waals surface area contributed by atoms with Gasteiger partial charge >= 0.3 is 5.97 Å². The summed E-state index contributed by atoms with van der Waals surface area (Å²) in [5.41, 5.74) is 5.22. The number of carboxylic acid groups (broad SMARTS) is 1. The second-order valence-corrected chi connectivity index (χ2v) is 2.16. The molecule has 0 rings (SSSR count). The van der Waals surface area contributed by atoms with Crippen molar-refractivity contribution in [2.45, 2.75) is 25.3 Å². The molecule has 1 atom stereocenters. The van der Waals surface area contributed by atoms with E-state index in [9.17, 15) is 4.79 Å². The standard InChI is InChI=1S/C7H13NO2.ClH/c1-2-3-4-5-6(8)7(9)10;/h2,6H,1,3-5,8H2,(H,9,10);1H/t6-;/m0./s1. The maximum absolute atomic E-state index is 10.1. The van der Waals surface area contributed by atoms with E-state index in [-0.39, 0.29) is 12.4 Å². The Kier molecular flexibility index (Phi) is 9.00. The van der Waals surface area contributed by atoms with Crippen molar-refractivity contribution in [3.05, 3.63) is 12.7 Å². The summed E-state index contributed by atoms with van der Waals surface area (Å²) < 4.78 is 0. The molecule has 3 nitrogen and oxygen atoms in total. The smallest absolute Gasteiger partial charge is 0.320 e. The van der Waals surface area contributed by atoms with Crippen LogP contribution in [-0.2, 0) is 4.79 Å². The number of carbonyl (C=O) groups is 1. The van der Waals surface area contributed by atoms with Crippen LogP contribution in [0.1, 0.15) is 19.3 Å². The molecule has 0 aliphatic rings. The fourth-order valence-corrected chi connectivity index (χ4v) is 0.606. The lowest BCUT2D eigenvalue weighted by molar-refractivity contribution is -0.138. The molecule has 0 aromatic rings. The molecule has 66 valence electrons. The quantitative estimate of drug-likeness (QED) is 0.492. The molecule has 0 saturated heterocycles. The Balaban J connectivity index is 0. The average molecular weight is 180 g/mol. The third kappa shape index (κ3) is 7.36. The van der Waals surface area contributed by atoms with Crippen molar-refractivity contribution in [2.75, 3.05) is 0 Å². The number of rotatable bonds is 5. The predicted molar refractivity (Wildman–Crippen MR) is 46.9 cm³/mol. The van der Waals surface area contributed by atoms with E-state index in [1.165, 1.54) is 0 Å². The summed E-state index contributed by atoms with van der Waals surface area (Å²) in [7, 11) is 0. The van der Waals surface area contributed by atoms with Gasteiger partial charge in [-0.1, -0.05) is 6.08 Å². The van der Waals surface area contributed by atoms with E-state index in [0.29, 0.717) is 6.42 Å². The van der Waals surface area contributed by atoms with Gasteiger partial charge in [-0.05, 0) is 19.3 Å². The summed E-state index contributed by atoms with van der Waals surface area (Å²) in [6.07, 6.45) is 3.92. The molecule has 0 saturated carbocycles. The average Bonchev–Trinajstić information content (AvgIpc) is 1.88. The van der Waals surface area contributed by atoms with Gasteiger partial charge in [-0.15, -0.1) is 19.0 Å². The molecule has 0 amide bonds. The van der Waals surface area contributed by atoms with Gasteiger partial charge in [-0.3, -0.25) is 4.79 Å². The number of halogens is 1. The highest BCUT2D eigenvalue weighted by Gasteiger charge is 2.08. The Hall–Kier alpha value is -0.540. The topological polar surface area (TPSA) is 63.3 Å². The Morgan fingerprint density at radius 3 is 2.64 bits per heavy atom. The Bertz CT molecular complexity index is 128. The van der Waals surface area contributed by atoms with Crippen molar-refractivity contribution in [2.24, 2.45) is 5.73 Å². The zero-order valence-corrected chi connectivity index (χ0v) is 7.14. The number of allylic oxidation sites excluding steroid dienone is 1. The zero-order chi connectivity index (χ0) is 7.98. The van der Waals surface area contributed by atoms with Gasteiger partial charge in [0.15, 0.2) is 0 Å². The minimum atomic E-state index is -0.927. The largest absolute Gasteiger partial charge is 0.480 e. The molecule has 11 heavy (non-hydrogen) atoms. The van der Waals surface area contributed by atoms with Crippen LogP contribution in [0.3, 0.4) is 0 Å². The number of unbranched alkanes of at least 4 members (excludes halogenated alkanes) is 1. The fraction of sp³-hybridized carbons (Fsp3) is 0.571. The van der Waals surface area contributed by atoms with Crippen molar-refractivity contribution in [1.82, 2.24) is 0 Å². The monoisotopic (exact) mass is 179 g/mol. The summed E-state index contributed by atoms with van der Waals surface area (Å²) in [4.78, 5) is 10.1. The summed E-state index contributed by atoms with van der Waals surface area (Å²) in [5.74, 6) is -0.927. The van der Waals surface area contributed by atoms with E-state index < -0.39 is 12.0 Å². The summed E-state index contributed by atoms with van der Waals surface area (Å²) >= 11 is 0. The third-order valence-electron chi connectivity index (χ3n) is 1.24. The second kappa shape index (κ2) is 7.57. The van der Waals surface area contributed by atoms with Gasteiger partial charge in [0.05, 0.1) is 0 Å². The maximum atomic E-state index is 10.1. The van der Waals surface area contributed by atoms with Gasteiger partial charge in [0.25, 0.3) is 0 Å². The fourth-order valence-electron chi connectivity index (χ4n) is 0.606. The lowest BCUT2D eigenvalue weighted by Gasteiger charge is -2.02. The molecule has 0 unspecified atom stereocenters. The van der Waals surface area contributed by atoms with Crippen LogP contribution in [-0.4, -0.2) is 17.1 Å². The number of hydrogen-bond donors (Lipinski definition) is 2. The molecule has 0 spiro atoms. The van der Waals surface area contributed by atoms with Crippen molar-refractivity contribution in [3.63, 3.8) is 0 Å². The first-order valence-electron chi connectivity index (χ1n) is 3.27. The number of hydrogen-bond acceptors (Lipinski definition) is 2. The second-order valence-electron chi connectivity index (χ2n) is 2.16. The van der Waals surface area contributed by atoms with Crippen molar-refractivity contribution in [3.8, 4) is 0 Å². The summed E-state index contributed by atoms with van der Waals surface area (Å²) in [6.45, 7) is 3.51. The van der Waals surface area contributed by atoms with E-state index in [4.69, 9.17) is 10.8 Å². The van der Waals surface area contributed by atoms with Gasteiger partial charge in [0.1, 0.15) is 6.04 Å². The van der Waals surface area contributed by atoms with Gasteiger partial charge in [0, 0.05) is 0 Å². The molecule has 0 bridgehead atoms. The van der Waals surface area contributed by atoms with Gasteiger partial charge in [-0.2, -0.15) is 0 Å². The van der Waals surface area contributed by atoms with Crippen LogP contribution in [0.25, 0.3) is 0 Å². The first kappa shape index (κ1) is 13.1. The van der Waals surface area contributed by atoms with E-state index in [2.05, 4.69) is 6.58 Å². The Labute approximate surface area is 72.7 Å². The minimum absolute atomic E-state index is 0. The molecule has 0 aliphatic heterocycles. The first-order valence-corrected chi connectivity index (χ1v) is 3.27. The highest BCUT2D eigenvalue weighted by atomic mass is 35.5. The van der Waals surface area contributed by atoms with Crippen LogP contribution < -0.4 is 5.73 Å². The Morgan fingerprint density at radius 2 is 2.27 bits per heavy atom. The molecule has 0 fully saturated rings. The summed E-state index contributed by atoms with van der Waals surface area (Å²) in [5, 5.41) is 8.33. The van der Waals surface area contributed by atoms with E-state index in [0.717, 1.165) is 12.8 Å². The molecule has 0 aromatic carbocycles. The maximum Gasteiger partial charge on any atom is 0.320 e. The van der Waals surface area contributed by atoms with Crippen molar-refractivity contribution in [1.29, 1.82) is 0 Å². The lowest BCUT2D eigenvalue weighted by atomic mass is 10.1. The number of nitrogens with two attached hydrogens (primary N) is 1. The minimum Gasteiger partial charge on any atom is -0.480 e. The van der Waals surface area contributed by atoms with Gasteiger partial charge in [0.2, 0.25) is 0 Å². The third-order valence-corrected chi connectivity index (χ3v) is 1.24. The molecular formula is C7H14ClNO2. The lowest BCUT2D eigenvalue weighted by Crippen LogP contribution is -2.29. The number of aliphatic carboxylic acids is 1. The molecule has 0 aliphatic carbocycles. The molecule has 4 heteroatoms. The van der Waals surface area contributed by atoms with Crippen LogP contribution in [0, 0.1) is 0 Å². The van der Waals surface area contributed by atoms with Gasteiger partial charge < -0.3 is 10.8 Å².